The van der Waals surface area contributed by atoms with Crippen LogP contribution in [0.15, 0.2) is 81.7 Å². The zero-order valence-corrected chi connectivity index (χ0v) is 23.2. The van der Waals surface area contributed by atoms with E-state index in [4.69, 9.17) is 19.2 Å². The monoisotopic (exact) mass is 542 g/mol. The van der Waals surface area contributed by atoms with Crippen LogP contribution in [0.5, 0.6) is 11.5 Å². The van der Waals surface area contributed by atoms with Gasteiger partial charge in [-0.05, 0) is 48.7 Å². The van der Waals surface area contributed by atoms with Gasteiger partial charge in [-0.3, -0.25) is 9.36 Å². The molecule has 7 nitrogen and oxygen atoms in total. The fourth-order valence-corrected chi connectivity index (χ4v) is 5.91. The molecule has 1 atom stereocenters. The molecule has 3 aromatic carbocycles. The van der Waals surface area contributed by atoms with Crippen molar-refractivity contribution in [2.45, 2.75) is 33.2 Å². The first-order valence-electron chi connectivity index (χ1n) is 13.0. The van der Waals surface area contributed by atoms with E-state index in [0.29, 0.717) is 44.3 Å². The molecule has 0 spiro atoms. The Morgan fingerprint density at radius 1 is 1.08 bits per heavy atom. The molecule has 200 valence electrons. The number of hydrogen-bond acceptors (Lipinski definition) is 7. The molecule has 0 bridgehead atoms. The third-order valence-corrected chi connectivity index (χ3v) is 7.58. The average Bonchev–Trinajstić information content (AvgIpc) is 3.25. The molecule has 0 aliphatic carbocycles. The Labute approximate surface area is 230 Å². The summed E-state index contributed by atoms with van der Waals surface area (Å²) in [5.41, 5.74) is 2.13. The molecule has 1 aliphatic heterocycles. The Hall–Kier alpha value is -4.17. The predicted octanol–water partition coefficient (Wildman–Crippen LogP) is 4.75. The Kier molecular flexibility index (Phi) is 7.65. The minimum absolute atomic E-state index is 0.200. The van der Waals surface area contributed by atoms with Crippen molar-refractivity contribution < 1.29 is 19.0 Å². The van der Waals surface area contributed by atoms with Crippen LogP contribution in [0.25, 0.3) is 16.8 Å². The largest absolute Gasteiger partial charge is 0.493 e. The first-order valence-corrected chi connectivity index (χ1v) is 13.8. The zero-order chi connectivity index (χ0) is 27.5. The summed E-state index contributed by atoms with van der Waals surface area (Å²) in [6, 6.07) is 18.8. The maximum atomic E-state index is 14.1. The molecule has 0 radical (unpaired) electrons. The Balaban J connectivity index is 1.78. The molecule has 1 aliphatic rings. The van der Waals surface area contributed by atoms with Gasteiger partial charge in [0.2, 0.25) is 0 Å². The van der Waals surface area contributed by atoms with Gasteiger partial charge in [-0.2, -0.15) is 0 Å². The summed E-state index contributed by atoms with van der Waals surface area (Å²) in [5, 5.41) is 2.14. The minimum atomic E-state index is -0.795. The third kappa shape index (κ3) is 4.88. The van der Waals surface area contributed by atoms with Crippen molar-refractivity contribution >= 4 is 34.2 Å². The third-order valence-electron chi connectivity index (χ3n) is 6.60. The number of aromatic nitrogens is 1. The van der Waals surface area contributed by atoms with E-state index in [9.17, 15) is 9.59 Å². The number of hydrogen-bond donors (Lipinski definition) is 0. The summed E-state index contributed by atoms with van der Waals surface area (Å²) in [7, 11) is 1.57. The van der Waals surface area contributed by atoms with Gasteiger partial charge in [0.15, 0.2) is 16.3 Å². The van der Waals surface area contributed by atoms with E-state index in [-0.39, 0.29) is 12.2 Å². The highest BCUT2D eigenvalue weighted by Crippen LogP contribution is 2.40. The molecule has 0 N–H and O–H groups in total. The summed E-state index contributed by atoms with van der Waals surface area (Å²) in [5.74, 6) is 0.500. The highest BCUT2D eigenvalue weighted by molar-refractivity contribution is 7.07. The quantitative estimate of drug-likeness (QED) is 0.300. The van der Waals surface area contributed by atoms with Crippen LogP contribution in [-0.4, -0.2) is 30.9 Å². The molecule has 39 heavy (non-hydrogen) atoms. The van der Waals surface area contributed by atoms with Gasteiger partial charge in [-0.1, -0.05) is 72.9 Å². The van der Waals surface area contributed by atoms with E-state index < -0.39 is 12.0 Å². The van der Waals surface area contributed by atoms with Crippen molar-refractivity contribution in [3.63, 3.8) is 0 Å². The van der Waals surface area contributed by atoms with Gasteiger partial charge in [0.05, 0.1) is 36.1 Å². The van der Waals surface area contributed by atoms with Crippen molar-refractivity contribution in [2.24, 2.45) is 4.99 Å². The number of allylic oxidation sites excluding steroid dienone is 1. The summed E-state index contributed by atoms with van der Waals surface area (Å²) in [6.45, 7) is 6.19. The van der Waals surface area contributed by atoms with Crippen molar-refractivity contribution in [2.75, 3.05) is 20.3 Å². The van der Waals surface area contributed by atoms with Crippen molar-refractivity contribution in [1.82, 2.24) is 4.57 Å². The second-order valence-electron chi connectivity index (χ2n) is 9.10. The number of para-hydroxylation sites is 1. The Morgan fingerprint density at radius 2 is 1.85 bits per heavy atom. The van der Waals surface area contributed by atoms with Gasteiger partial charge < -0.3 is 14.2 Å². The first-order chi connectivity index (χ1) is 19.0. The predicted molar refractivity (Wildman–Crippen MR) is 153 cm³/mol. The van der Waals surface area contributed by atoms with Crippen molar-refractivity contribution in [3.8, 4) is 11.5 Å². The summed E-state index contributed by atoms with van der Waals surface area (Å²) in [6.07, 6.45) is 2.68. The van der Waals surface area contributed by atoms with Gasteiger partial charge in [0.25, 0.3) is 5.56 Å². The molecule has 0 fully saturated rings. The smallest absolute Gasteiger partial charge is 0.338 e. The van der Waals surface area contributed by atoms with Crippen LogP contribution in [0.1, 0.15) is 44.4 Å². The SMILES string of the molecule is CCCOc1c(OC)cccc1C1C(C(=O)OCC)=C(C)N=c2s/c(=C\c3cccc4ccccc34)c(=O)n21. The Bertz CT molecular complexity index is 1760. The van der Waals surface area contributed by atoms with Crippen molar-refractivity contribution in [1.29, 1.82) is 0 Å². The van der Waals surface area contributed by atoms with E-state index in [1.165, 1.54) is 11.3 Å². The lowest BCUT2D eigenvalue weighted by Crippen LogP contribution is -2.40. The number of fused-ring (bicyclic) bond motifs is 2. The number of thiazole rings is 1. The van der Waals surface area contributed by atoms with Gasteiger partial charge in [-0.15, -0.1) is 0 Å². The molecule has 0 saturated heterocycles. The molecule has 0 saturated carbocycles. The maximum Gasteiger partial charge on any atom is 0.338 e. The van der Waals surface area contributed by atoms with Crippen LogP contribution in [0, 0.1) is 0 Å². The molecule has 0 amide bonds. The van der Waals surface area contributed by atoms with Crippen LogP contribution in [0.2, 0.25) is 0 Å². The number of nitrogens with zero attached hydrogens (tertiary/aromatic N) is 2. The van der Waals surface area contributed by atoms with Crippen LogP contribution in [0.3, 0.4) is 0 Å². The number of esters is 1. The van der Waals surface area contributed by atoms with Crippen LogP contribution >= 0.6 is 11.3 Å². The van der Waals surface area contributed by atoms with Gasteiger partial charge >= 0.3 is 5.97 Å². The lowest BCUT2D eigenvalue weighted by atomic mass is 9.94. The normalized spacial score (nSPS) is 15.2. The molecule has 1 aromatic heterocycles. The summed E-state index contributed by atoms with van der Waals surface area (Å²) >= 11 is 1.30. The van der Waals surface area contributed by atoms with Crippen LogP contribution < -0.4 is 24.4 Å². The lowest BCUT2D eigenvalue weighted by molar-refractivity contribution is -0.139. The number of carbonyl (C=O) groups excluding carboxylic acids is 1. The molecule has 8 heteroatoms. The van der Waals surface area contributed by atoms with E-state index >= 15 is 0 Å². The number of benzene rings is 3. The fraction of sp³-hybridized carbons (Fsp3) is 0.258. The van der Waals surface area contributed by atoms with E-state index in [0.717, 1.165) is 22.8 Å². The molecule has 1 unspecified atom stereocenters. The highest BCUT2D eigenvalue weighted by atomic mass is 32.1. The highest BCUT2D eigenvalue weighted by Gasteiger charge is 2.36. The van der Waals surface area contributed by atoms with Gasteiger partial charge in [-0.25, -0.2) is 9.79 Å². The van der Waals surface area contributed by atoms with Crippen LogP contribution in [-0.2, 0) is 9.53 Å². The minimum Gasteiger partial charge on any atom is -0.493 e. The lowest BCUT2D eigenvalue weighted by Gasteiger charge is -2.27. The molecule has 5 rings (SSSR count). The van der Waals surface area contributed by atoms with E-state index in [2.05, 4.69) is 0 Å². The van der Waals surface area contributed by atoms with E-state index in [1.54, 1.807) is 31.6 Å². The summed E-state index contributed by atoms with van der Waals surface area (Å²) in [4.78, 5) is 32.6. The standard InChI is InChI=1S/C31H30N2O5S/c1-5-17-38-28-23(15-10-16-24(28)36-4)27-26(30(35)37-6-2)19(3)32-31-33(27)29(34)25(39-31)18-21-13-9-12-20-11-7-8-14-22(20)21/h7-16,18,27H,5-6,17H2,1-4H3/b25-18-. The van der Waals surface area contributed by atoms with Crippen LogP contribution in [0.4, 0.5) is 0 Å². The molecule has 4 aromatic rings. The maximum absolute atomic E-state index is 14.1. The number of carbonyl (C=O) groups is 1. The van der Waals surface area contributed by atoms with Gasteiger partial charge in [0, 0.05) is 5.56 Å². The molecular weight excluding hydrogens is 512 g/mol. The van der Waals surface area contributed by atoms with Crippen molar-refractivity contribution in [3.05, 3.63) is 103 Å². The zero-order valence-electron chi connectivity index (χ0n) is 22.4. The number of rotatable bonds is 8. The topological polar surface area (TPSA) is 79.1 Å². The first kappa shape index (κ1) is 26.4. The van der Waals surface area contributed by atoms with Gasteiger partial charge in [0.1, 0.15) is 6.04 Å². The molecule has 2 heterocycles. The summed E-state index contributed by atoms with van der Waals surface area (Å²) < 4.78 is 19.3. The van der Waals surface area contributed by atoms with E-state index in [1.807, 2.05) is 67.6 Å². The number of methoxy groups -OCH3 is 1. The fourth-order valence-electron chi connectivity index (χ4n) is 4.87. The number of ether oxygens (including phenoxy) is 3. The molecular formula is C31H30N2O5S. The Morgan fingerprint density at radius 3 is 2.62 bits per heavy atom. The second kappa shape index (κ2) is 11.3. The average molecular weight is 543 g/mol. The second-order valence-corrected chi connectivity index (χ2v) is 10.1.